The average molecular weight is 370 g/mol. The molecule has 26 heavy (non-hydrogen) atoms. The van der Waals surface area contributed by atoms with Gasteiger partial charge in [-0.3, -0.25) is 0 Å². The number of rotatable bonds is 3. The molecule has 0 bridgehead atoms. The van der Waals surface area contributed by atoms with Crippen molar-refractivity contribution in [2.75, 3.05) is 11.6 Å². The topological polar surface area (TPSA) is 42.7 Å². The number of ether oxygens (including phenoxy) is 1. The average Bonchev–Trinajstić information content (AvgIpc) is 2.68. The van der Waals surface area contributed by atoms with Gasteiger partial charge < -0.3 is 14.1 Å². The molecule has 134 valence electrons. The lowest BCUT2D eigenvalue weighted by Crippen LogP contribution is -2.32. The molecule has 0 atom stereocenters. The van der Waals surface area contributed by atoms with E-state index in [-0.39, 0.29) is 5.63 Å². The third kappa shape index (κ3) is 2.84. The second-order valence-corrected chi connectivity index (χ2v) is 6.89. The fourth-order valence-corrected chi connectivity index (χ4v) is 3.76. The summed E-state index contributed by atoms with van der Waals surface area (Å²) < 4.78 is 11.5. The predicted molar refractivity (Wildman–Crippen MR) is 104 cm³/mol. The Bertz CT molecular complexity index is 1040. The number of fused-ring (bicyclic) bond motifs is 3. The quantitative estimate of drug-likeness (QED) is 0.614. The van der Waals surface area contributed by atoms with Crippen LogP contribution in [-0.2, 0) is 19.4 Å². The number of hydrogen-bond donors (Lipinski definition) is 0. The molecule has 1 aliphatic rings. The Morgan fingerprint density at radius 2 is 2.00 bits per heavy atom. The lowest BCUT2D eigenvalue weighted by atomic mass is 10.0. The molecule has 1 aromatic heterocycles. The summed E-state index contributed by atoms with van der Waals surface area (Å²) in [5.41, 5.74) is 4.34. The smallest absolute Gasteiger partial charge is 0.336 e. The van der Waals surface area contributed by atoms with E-state index in [2.05, 4.69) is 36.1 Å². The summed E-state index contributed by atoms with van der Waals surface area (Å²) in [6, 6.07) is 11.8. The summed E-state index contributed by atoms with van der Waals surface area (Å²) in [6.45, 7) is 5.13. The first-order chi connectivity index (χ1) is 12.6. The molecular weight excluding hydrogens is 350 g/mol. The fourth-order valence-electron chi connectivity index (χ4n) is 3.48. The van der Waals surface area contributed by atoms with Gasteiger partial charge >= 0.3 is 5.63 Å². The molecule has 0 aliphatic carbocycles. The Morgan fingerprint density at radius 3 is 2.77 bits per heavy atom. The normalized spacial score (nSPS) is 13.6. The highest BCUT2D eigenvalue weighted by Crippen LogP contribution is 2.40. The van der Waals surface area contributed by atoms with Crippen LogP contribution in [0.25, 0.3) is 11.0 Å². The molecule has 4 rings (SSSR count). The van der Waals surface area contributed by atoms with Crippen LogP contribution in [0.5, 0.6) is 5.75 Å². The van der Waals surface area contributed by atoms with E-state index in [1.54, 1.807) is 0 Å². The van der Waals surface area contributed by atoms with Crippen molar-refractivity contribution in [2.24, 2.45) is 0 Å². The van der Waals surface area contributed by atoms with E-state index in [1.165, 1.54) is 11.6 Å². The van der Waals surface area contributed by atoms with Gasteiger partial charge in [-0.25, -0.2) is 4.79 Å². The molecule has 0 amide bonds. The van der Waals surface area contributed by atoms with Crippen LogP contribution in [0.1, 0.15) is 30.5 Å². The zero-order chi connectivity index (χ0) is 18.3. The molecule has 0 radical (unpaired) electrons. The van der Waals surface area contributed by atoms with Crippen molar-refractivity contribution in [3.8, 4) is 5.75 Å². The maximum absolute atomic E-state index is 12.0. The lowest BCUT2D eigenvalue weighted by molar-refractivity contribution is 0.289. The van der Waals surface area contributed by atoms with Crippen LogP contribution in [0, 0.1) is 0 Å². The Balaban J connectivity index is 1.86. The van der Waals surface area contributed by atoms with Crippen molar-refractivity contribution < 1.29 is 9.15 Å². The largest absolute Gasteiger partial charge is 0.471 e. The molecule has 2 aromatic carbocycles. The van der Waals surface area contributed by atoms with Crippen LogP contribution in [-0.4, -0.2) is 6.73 Å². The third-order valence-corrected chi connectivity index (χ3v) is 5.18. The number of nitrogens with zero attached hydrogens (tertiary/aromatic N) is 1. The predicted octanol–water partition coefficient (Wildman–Crippen LogP) is 4.93. The first kappa shape index (κ1) is 17.0. The van der Waals surface area contributed by atoms with Crippen LogP contribution in [0.3, 0.4) is 0 Å². The molecule has 2 heterocycles. The van der Waals surface area contributed by atoms with Crippen molar-refractivity contribution in [3.63, 3.8) is 0 Å². The van der Waals surface area contributed by atoms with Crippen LogP contribution in [0.4, 0.5) is 5.69 Å². The van der Waals surface area contributed by atoms with Crippen molar-refractivity contribution >= 4 is 28.3 Å². The maximum Gasteiger partial charge on any atom is 0.336 e. The summed E-state index contributed by atoms with van der Waals surface area (Å²) in [7, 11) is 0. The number of hydrogen-bond acceptors (Lipinski definition) is 4. The van der Waals surface area contributed by atoms with Crippen molar-refractivity contribution in [1.29, 1.82) is 0 Å². The standard InChI is InChI=1S/C21H20ClNO3/c1-3-13-6-5-7-15(8-13)23-11-17-20-16(10-18(22)21(17)25-12-23)14(4-2)9-19(24)26-20/h5-10H,3-4,11-12H2,1-2H3. The molecule has 3 aromatic rings. The number of anilines is 1. The summed E-state index contributed by atoms with van der Waals surface area (Å²) in [4.78, 5) is 14.1. The van der Waals surface area contributed by atoms with Gasteiger partial charge in [0, 0.05) is 17.1 Å². The summed E-state index contributed by atoms with van der Waals surface area (Å²) in [5.74, 6) is 0.610. The summed E-state index contributed by atoms with van der Waals surface area (Å²) in [6.07, 6.45) is 1.71. The van der Waals surface area contributed by atoms with Crippen molar-refractivity contribution in [3.05, 3.63) is 68.5 Å². The van der Waals surface area contributed by atoms with E-state index in [0.717, 1.165) is 35.0 Å². The van der Waals surface area contributed by atoms with E-state index >= 15 is 0 Å². The molecule has 4 nitrogen and oxygen atoms in total. The molecule has 0 fully saturated rings. The molecule has 0 unspecified atom stereocenters. The Morgan fingerprint density at radius 1 is 1.15 bits per heavy atom. The minimum Gasteiger partial charge on any atom is -0.471 e. The van der Waals surface area contributed by atoms with E-state index in [9.17, 15) is 4.79 Å². The molecule has 0 N–H and O–H groups in total. The van der Waals surface area contributed by atoms with Gasteiger partial charge in [0.1, 0.15) is 11.3 Å². The fraction of sp³-hybridized carbons (Fsp3) is 0.286. The highest BCUT2D eigenvalue weighted by atomic mass is 35.5. The minimum atomic E-state index is -0.344. The van der Waals surface area contributed by atoms with Gasteiger partial charge in [-0.1, -0.05) is 37.6 Å². The first-order valence-corrected chi connectivity index (χ1v) is 9.23. The second kappa shape index (κ2) is 6.69. The van der Waals surface area contributed by atoms with Gasteiger partial charge in [-0.05, 0) is 42.2 Å². The SMILES string of the molecule is CCc1cccc(N2COc3c(Cl)cc4c(CC)cc(=O)oc4c3C2)c1. The second-order valence-electron chi connectivity index (χ2n) is 6.48. The summed E-state index contributed by atoms with van der Waals surface area (Å²) >= 11 is 6.47. The highest BCUT2D eigenvalue weighted by Gasteiger charge is 2.25. The Kier molecular flexibility index (Phi) is 4.37. The van der Waals surface area contributed by atoms with Gasteiger partial charge in [0.25, 0.3) is 0 Å². The van der Waals surface area contributed by atoms with E-state index in [0.29, 0.717) is 29.6 Å². The van der Waals surface area contributed by atoms with Crippen LogP contribution in [0.15, 0.2) is 45.6 Å². The van der Waals surface area contributed by atoms with Crippen LogP contribution >= 0.6 is 11.6 Å². The number of aryl methyl sites for hydroxylation is 2. The van der Waals surface area contributed by atoms with Crippen molar-refractivity contribution in [1.82, 2.24) is 0 Å². The van der Waals surface area contributed by atoms with Gasteiger partial charge in [-0.15, -0.1) is 0 Å². The van der Waals surface area contributed by atoms with Crippen molar-refractivity contribution in [2.45, 2.75) is 33.2 Å². The van der Waals surface area contributed by atoms with Gasteiger partial charge in [0.15, 0.2) is 6.73 Å². The number of benzene rings is 2. The molecular formula is C21H20ClNO3. The van der Waals surface area contributed by atoms with E-state index in [4.69, 9.17) is 20.8 Å². The Hall–Kier alpha value is -2.46. The van der Waals surface area contributed by atoms with E-state index < -0.39 is 0 Å². The maximum atomic E-state index is 12.0. The molecule has 5 heteroatoms. The molecule has 0 saturated heterocycles. The third-order valence-electron chi connectivity index (χ3n) is 4.90. The zero-order valence-corrected chi connectivity index (χ0v) is 15.6. The Labute approximate surface area is 156 Å². The molecule has 0 saturated carbocycles. The van der Waals surface area contributed by atoms with Crippen LogP contribution < -0.4 is 15.3 Å². The van der Waals surface area contributed by atoms with E-state index in [1.807, 2.05) is 13.0 Å². The summed E-state index contributed by atoms with van der Waals surface area (Å²) in [5, 5.41) is 1.43. The monoisotopic (exact) mass is 369 g/mol. The molecule has 1 aliphatic heterocycles. The minimum absolute atomic E-state index is 0.344. The lowest BCUT2D eigenvalue weighted by Gasteiger charge is -2.32. The highest BCUT2D eigenvalue weighted by molar-refractivity contribution is 6.33. The van der Waals surface area contributed by atoms with Gasteiger partial charge in [0.2, 0.25) is 0 Å². The zero-order valence-electron chi connectivity index (χ0n) is 14.8. The van der Waals surface area contributed by atoms with Gasteiger partial charge in [-0.2, -0.15) is 0 Å². The first-order valence-electron chi connectivity index (χ1n) is 8.85. The van der Waals surface area contributed by atoms with Crippen LogP contribution in [0.2, 0.25) is 5.02 Å². The van der Waals surface area contributed by atoms with Gasteiger partial charge in [0.05, 0.1) is 17.1 Å². The number of halogens is 1. The molecule has 0 spiro atoms.